The average Bonchev–Trinajstić information content (AvgIpc) is 3.96. The fourth-order valence-corrected chi connectivity index (χ4v) is 10.0. The van der Waals surface area contributed by atoms with Crippen LogP contribution in [0.25, 0.3) is 120 Å². The van der Waals surface area contributed by atoms with Crippen LogP contribution in [-0.4, -0.2) is 14.1 Å². The predicted molar refractivity (Wildman–Crippen MR) is 287 cm³/mol. The van der Waals surface area contributed by atoms with Crippen LogP contribution in [0.2, 0.25) is 0 Å². The second-order valence-corrected chi connectivity index (χ2v) is 17.5. The Bertz CT molecular complexity index is 3910. The second kappa shape index (κ2) is 17.4. The Balaban J connectivity index is 1.14. The number of benzene rings is 9. The van der Waals surface area contributed by atoms with E-state index >= 15 is 0 Å². The van der Waals surface area contributed by atoms with Crippen LogP contribution in [0.1, 0.15) is 16.7 Å². The average molecular weight is 915 g/mol. The smallest absolute Gasteiger partial charge is 0.187 e. The van der Waals surface area contributed by atoms with E-state index in [1.165, 1.54) is 0 Å². The minimum Gasteiger partial charge on any atom is -0.307 e. The summed E-state index contributed by atoms with van der Waals surface area (Å²) in [4.78, 5) is 12.3. The van der Waals surface area contributed by atoms with Gasteiger partial charge in [0.2, 0.25) is 0 Å². The summed E-state index contributed by atoms with van der Waals surface area (Å²) in [6.45, 7) is 15.1. The van der Waals surface area contributed by atoms with Gasteiger partial charge in [0, 0.05) is 27.1 Å². The monoisotopic (exact) mass is 914 g/mol. The van der Waals surface area contributed by atoms with Crippen molar-refractivity contribution >= 4 is 55.0 Å². The van der Waals surface area contributed by atoms with Gasteiger partial charge in [0.25, 0.3) is 0 Å². The summed E-state index contributed by atoms with van der Waals surface area (Å²) in [7, 11) is 0. The first kappa shape index (κ1) is 42.5. The van der Waals surface area contributed by atoms with Crippen LogP contribution < -0.4 is 0 Å². The van der Waals surface area contributed by atoms with Crippen LogP contribution >= 0.6 is 0 Å². The van der Waals surface area contributed by atoms with E-state index in [1.54, 1.807) is 0 Å². The Kier molecular flexibility index (Phi) is 10.3. The van der Waals surface area contributed by atoms with Crippen LogP contribution in [0, 0.1) is 47.1 Å². The maximum atomic E-state index is 9.98. The molecule has 3 heterocycles. The van der Waals surface area contributed by atoms with E-state index in [0.29, 0.717) is 28.1 Å². The molecule has 0 aliphatic rings. The van der Waals surface area contributed by atoms with Crippen molar-refractivity contribution in [3.63, 3.8) is 0 Å². The molecule has 12 rings (SSSR count). The molecular formula is C64H34N8. The summed E-state index contributed by atoms with van der Waals surface area (Å²) in [5.41, 5.74) is 18.2. The molecule has 9 aromatic carbocycles. The molecule has 0 saturated heterocycles. The van der Waals surface area contributed by atoms with E-state index in [-0.39, 0.29) is 0 Å². The van der Waals surface area contributed by atoms with Crippen molar-refractivity contribution in [1.29, 1.82) is 15.8 Å². The Morgan fingerprint density at radius 2 is 0.597 bits per heavy atom. The highest BCUT2D eigenvalue weighted by Crippen LogP contribution is 2.44. The molecule has 0 unspecified atom stereocenters. The number of aromatic nitrogens is 3. The Morgan fingerprint density at radius 3 is 0.875 bits per heavy atom. The molecule has 12 aromatic rings. The normalized spacial score (nSPS) is 11.0. The van der Waals surface area contributed by atoms with Crippen LogP contribution in [0.5, 0.6) is 0 Å². The molecule has 0 bridgehead atoms. The van der Waals surface area contributed by atoms with Crippen molar-refractivity contribution in [3.8, 4) is 85.2 Å². The molecule has 8 heteroatoms. The lowest BCUT2D eigenvalue weighted by Gasteiger charge is -2.20. The van der Waals surface area contributed by atoms with E-state index in [0.717, 1.165) is 111 Å². The van der Waals surface area contributed by atoms with Gasteiger partial charge in [-0.25, -0.2) is 9.69 Å². The highest BCUT2D eigenvalue weighted by Gasteiger charge is 2.24. The van der Waals surface area contributed by atoms with Crippen molar-refractivity contribution < 1.29 is 0 Å². The largest absolute Gasteiger partial charge is 0.307 e. The maximum absolute atomic E-state index is 9.98. The van der Waals surface area contributed by atoms with Crippen LogP contribution in [0.3, 0.4) is 0 Å². The fourth-order valence-electron chi connectivity index (χ4n) is 10.0. The van der Waals surface area contributed by atoms with Crippen molar-refractivity contribution in [1.82, 2.24) is 14.1 Å². The third-order valence-corrected chi connectivity index (χ3v) is 13.6. The van der Waals surface area contributed by atoms with Crippen LogP contribution in [-0.2, 0) is 0 Å². The third-order valence-electron chi connectivity index (χ3n) is 13.6. The summed E-state index contributed by atoms with van der Waals surface area (Å²) < 4.78 is 4.57. The van der Waals surface area contributed by atoms with Gasteiger partial charge in [0.1, 0.15) is 0 Å². The van der Waals surface area contributed by atoms with Gasteiger partial charge in [0.05, 0.1) is 93.9 Å². The molecule has 8 nitrogen and oxygen atoms in total. The molecule has 0 saturated carbocycles. The summed E-state index contributed by atoms with van der Waals surface area (Å²) >= 11 is 0. The van der Waals surface area contributed by atoms with Crippen molar-refractivity contribution in [2.24, 2.45) is 0 Å². The van der Waals surface area contributed by atoms with Crippen molar-refractivity contribution in [2.75, 3.05) is 0 Å². The van der Waals surface area contributed by atoms with E-state index in [2.05, 4.69) is 110 Å². The van der Waals surface area contributed by atoms with Gasteiger partial charge in [-0.1, -0.05) is 109 Å². The Hall–Kier alpha value is -10.8. The number of rotatable bonds is 7. The SMILES string of the molecule is [C-]#[N+]c1ccc(-c2ccc3c(c2)c2cc(-c4ccc([N+]#[C-])cc4)ccc2n3-c2cncc(-n3c4ccc(-c5ccc(C#N)cc5)cc4c4cc(-c5ccc(C#N)cc5)ccc43)c2-c2ccc(C#N)cc2)cc1. The van der Waals surface area contributed by atoms with Gasteiger partial charge in [-0.15, -0.1) is 0 Å². The lowest BCUT2D eigenvalue weighted by atomic mass is 9.99. The zero-order valence-corrected chi connectivity index (χ0v) is 38.2. The van der Waals surface area contributed by atoms with Gasteiger partial charge < -0.3 is 9.13 Å². The first-order chi connectivity index (χ1) is 35.4. The number of hydrogen-bond donors (Lipinski definition) is 0. The first-order valence-electron chi connectivity index (χ1n) is 23.1. The molecule has 72 heavy (non-hydrogen) atoms. The molecule has 330 valence electrons. The maximum Gasteiger partial charge on any atom is 0.187 e. The molecule has 0 aliphatic carbocycles. The van der Waals surface area contributed by atoms with E-state index in [9.17, 15) is 15.8 Å². The topological polar surface area (TPSA) is 103 Å². The quantitative estimate of drug-likeness (QED) is 0.149. The van der Waals surface area contributed by atoms with Gasteiger partial charge in [-0.3, -0.25) is 4.98 Å². The van der Waals surface area contributed by atoms with Gasteiger partial charge in [-0.2, -0.15) is 15.8 Å². The lowest BCUT2D eigenvalue weighted by molar-refractivity contribution is 1.09. The molecular weight excluding hydrogens is 881 g/mol. The Labute approximate surface area is 414 Å². The van der Waals surface area contributed by atoms with Crippen molar-refractivity contribution in [3.05, 3.63) is 246 Å². The molecule has 0 spiro atoms. The zero-order chi connectivity index (χ0) is 48.9. The summed E-state index contributed by atoms with van der Waals surface area (Å²) in [5.74, 6) is 0. The minimum absolute atomic E-state index is 0.546. The molecule has 0 atom stereocenters. The van der Waals surface area contributed by atoms with Crippen molar-refractivity contribution in [2.45, 2.75) is 0 Å². The summed E-state index contributed by atoms with van der Waals surface area (Å²) in [6.07, 6.45) is 3.84. The Morgan fingerprint density at radius 1 is 0.333 bits per heavy atom. The van der Waals surface area contributed by atoms with E-state index in [4.69, 9.17) is 18.1 Å². The van der Waals surface area contributed by atoms with E-state index < -0.39 is 0 Å². The fraction of sp³-hybridized carbons (Fsp3) is 0. The van der Waals surface area contributed by atoms with E-state index in [1.807, 2.05) is 134 Å². The van der Waals surface area contributed by atoms with Crippen LogP contribution in [0.4, 0.5) is 11.4 Å². The van der Waals surface area contributed by atoms with Gasteiger partial charge in [-0.05, 0) is 135 Å². The standard InChI is InChI=1S/C64H34N8/c1-68-52-23-15-45(16-24-52)50-21-29-60-56(33-50)57-34-51(46-17-25-53(69-2)26-18-46)22-30-61(57)72(60)63-39-70-38-62(64(63)47-13-7-42(37-67)8-14-47)71-58-27-19-48(43-9-3-40(35-65)4-10-43)31-54(58)55-32-49(20-28-59(55)71)44-11-5-41(36-66)6-12-44/h3-34,38-39H. The third kappa shape index (κ3) is 7.17. The highest BCUT2D eigenvalue weighted by atomic mass is 15.0. The summed E-state index contributed by atoms with van der Waals surface area (Å²) in [6, 6.07) is 71.0. The van der Waals surface area contributed by atoms with Crippen LogP contribution in [0.15, 0.2) is 207 Å². The summed E-state index contributed by atoms with van der Waals surface area (Å²) in [5, 5.41) is 33.2. The minimum atomic E-state index is 0.546. The first-order valence-corrected chi connectivity index (χ1v) is 23.1. The lowest BCUT2D eigenvalue weighted by Crippen LogP contribution is -2.05. The molecule has 0 fully saturated rings. The van der Waals surface area contributed by atoms with Gasteiger partial charge >= 0.3 is 0 Å². The zero-order valence-electron chi connectivity index (χ0n) is 38.2. The highest BCUT2D eigenvalue weighted by molar-refractivity contribution is 6.14. The molecule has 3 aromatic heterocycles. The molecule has 0 N–H and O–H groups in total. The number of nitriles is 3. The molecule has 0 aliphatic heterocycles. The van der Waals surface area contributed by atoms with Gasteiger partial charge in [0.15, 0.2) is 11.4 Å². The molecule has 0 amide bonds. The number of nitrogens with zero attached hydrogens (tertiary/aromatic N) is 8. The second-order valence-electron chi connectivity index (χ2n) is 17.5. The molecule has 0 radical (unpaired) electrons. The number of hydrogen-bond acceptors (Lipinski definition) is 4. The number of fused-ring (bicyclic) bond motifs is 6. The predicted octanol–water partition coefficient (Wildman–Crippen LogP) is 16.3. The number of pyridine rings is 1.